The number of nitrogens with one attached hydrogen (secondary N) is 2. The van der Waals surface area contributed by atoms with Gasteiger partial charge in [0.15, 0.2) is 17.0 Å². The van der Waals surface area contributed by atoms with Crippen molar-refractivity contribution in [2.24, 2.45) is 0 Å². The Morgan fingerprint density at radius 3 is 2.78 bits per heavy atom. The summed E-state index contributed by atoms with van der Waals surface area (Å²) >= 11 is 0. The second kappa shape index (κ2) is 8.84. The molecule has 1 amide bonds. The molecule has 2 aromatic carbocycles. The fourth-order valence-corrected chi connectivity index (χ4v) is 4.39. The van der Waals surface area contributed by atoms with Gasteiger partial charge in [-0.05, 0) is 24.3 Å². The number of ether oxygens (including phenoxy) is 1. The first-order valence-electron chi connectivity index (χ1n) is 11.6. The Balaban J connectivity index is 1.20. The van der Waals surface area contributed by atoms with Crippen molar-refractivity contribution in [2.45, 2.75) is 13.5 Å². The van der Waals surface area contributed by atoms with Gasteiger partial charge >= 0.3 is 0 Å². The van der Waals surface area contributed by atoms with Gasteiger partial charge in [-0.25, -0.2) is 9.97 Å². The van der Waals surface area contributed by atoms with E-state index >= 15 is 0 Å². The molecular formula is C25H23N7O4. The highest BCUT2D eigenvalue weighted by atomic mass is 16.5. The molecule has 0 aliphatic carbocycles. The molecule has 36 heavy (non-hydrogen) atoms. The van der Waals surface area contributed by atoms with Crippen LogP contribution in [0.25, 0.3) is 22.0 Å². The standard InChI is InChI=1S/C25H23N7O4/c1-15-28-22-20(35-14-16-12-26-27-13-16)10-17(11-21(22)36-15)24(34)31-6-8-32(9-7-31)25-29-19-5-3-2-4-18(19)23(33)30-25/h2-5,10-13H,6-9,14H2,1H3,(H,26,27)(H,29,30,33). The topological polar surface area (TPSA) is 133 Å². The molecule has 1 saturated heterocycles. The lowest BCUT2D eigenvalue weighted by Gasteiger charge is -2.35. The monoisotopic (exact) mass is 485 g/mol. The number of carbonyl (C=O) groups excluding carboxylic acids is 1. The van der Waals surface area contributed by atoms with Crippen LogP contribution >= 0.6 is 0 Å². The van der Waals surface area contributed by atoms with Gasteiger partial charge < -0.3 is 19.0 Å². The Labute approximate surface area is 204 Å². The van der Waals surface area contributed by atoms with Gasteiger partial charge in [-0.3, -0.25) is 19.7 Å². The third kappa shape index (κ3) is 4.04. The maximum Gasteiger partial charge on any atom is 0.260 e. The van der Waals surface area contributed by atoms with E-state index in [1.165, 1.54) is 0 Å². The summed E-state index contributed by atoms with van der Waals surface area (Å²) in [5.74, 6) is 1.36. The molecule has 182 valence electrons. The van der Waals surface area contributed by atoms with Crippen molar-refractivity contribution in [3.63, 3.8) is 0 Å². The van der Waals surface area contributed by atoms with E-state index < -0.39 is 0 Å². The number of oxazole rings is 1. The summed E-state index contributed by atoms with van der Waals surface area (Å²) in [4.78, 5) is 41.5. The van der Waals surface area contributed by atoms with Crippen molar-refractivity contribution in [3.05, 3.63) is 76.2 Å². The number of piperazine rings is 1. The minimum Gasteiger partial charge on any atom is -0.486 e. The third-order valence-electron chi connectivity index (χ3n) is 6.23. The number of anilines is 1. The summed E-state index contributed by atoms with van der Waals surface area (Å²) < 4.78 is 11.7. The number of amides is 1. The van der Waals surface area contributed by atoms with Crippen LogP contribution in [0, 0.1) is 6.92 Å². The molecule has 0 spiro atoms. The molecule has 0 bridgehead atoms. The van der Waals surface area contributed by atoms with E-state index in [9.17, 15) is 9.59 Å². The second-order valence-electron chi connectivity index (χ2n) is 8.64. The number of carbonyl (C=O) groups is 1. The molecule has 11 heteroatoms. The molecule has 0 radical (unpaired) electrons. The average Bonchev–Trinajstić information content (AvgIpc) is 3.56. The van der Waals surface area contributed by atoms with E-state index in [1.807, 2.05) is 23.1 Å². The lowest BCUT2D eigenvalue weighted by atomic mass is 10.1. The van der Waals surface area contributed by atoms with Gasteiger partial charge in [-0.2, -0.15) is 5.10 Å². The number of aromatic amines is 2. The number of benzene rings is 2. The highest BCUT2D eigenvalue weighted by Crippen LogP contribution is 2.29. The number of para-hydroxylation sites is 1. The summed E-state index contributed by atoms with van der Waals surface area (Å²) in [6.45, 7) is 4.08. The van der Waals surface area contributed by atoms with Crippen LogP contribution in [0.3, 0.4) is 0 Å². The SMILES string of the molecule is Cc1nc2c(OCc3cn[nH]c3)cc(C(=O)N3CCN(c4nc5ccccc5c(=O)[nH]4)CC3)cc2o1. The number of aryl methyl sites for hydroxylation is 1. The van der Waals surface area contributed by atoms with Gasteiger partial charge in [0.1, 0.15) is 12.4 Å². The molecule has 0 atom stereocenters. The van der Waals surface area contributed by atoms with Gasteiger partial charge in [0.05, 0.1) is 17.1 Å². The van der Waals surface area contributed by atoms with Crippen LogP contribution in [-0.2, 0) is 6.61 Å². The molecule has 2 N–H and O–H groups in total. The summed E-state index contributed by atoms with van der Waals surface area (Å²) in [5.41, 5.74) is 2.88. The molecule has 5 aromatic rings. The molecular weight excluding hydrogens is 462 g/mol. The molecule has 3 aromatic heterocycles. The van der Waals surface area contributed by atoms with E-state index in [-0.39, 0.29) is 18.1 Å². The minimum atomic E-state index is -0.173. The van der Waals surface area contributed by atoms with Crippen molar-refractivity contribution in [2.75, 3.05) is 31.1 Å². The summed E-state index contributed by atoms with van der Waals surface area (Å²) in [7, 11) is 0. The molecule has 11 nitrogen and oxygen atoms in total. The minimum absolute atomic E-state index is 0.126. The van der Waals surface area contributed by atoms with Crippen LogP contribution in [0.4, 0.5) is 5.95 Å². The van der Waals surface area contributed by atoms with Crippen LogP contribution in [-0.4, -0.2) is 62.1 Å². The predicted molar refractivity (Wildman–Crippen MR) is 132 cm³/mol. The molecule has 1 aliphatic rings. The normalized spacial score (nSPS) is 14.0. The summed E-state index contributed by atoms with van der Waals surface area (Å²) in [6, 6.07) is 10.7. The quantitative estimate of drug-likeness (QED) is 0.388. The predicted octanol–water partition coefficient (Wildman–Crippen LogP) is 2.64. The highest BCUT2D eigenvalue weighted by Gasteiger charge is 2.25. The first-order valence-corrected chi connectivity index (χ1v) is 11.6. The van der Waals surface area contributed by atoms with Crippen LogP contribution in [0.1, 0.15) is 21.8 Å². The number of fused-ring (bicyclic) bond motifs is 2. The molecule has 0 unspecified atom stereocenters. The number of H-pyrrole nitrogens is 2. The van der Waals surface area contributed by atoms with Crippen molar-refractivity contribution in [1.29, 1.82) is 0 Å². The van der Waals surface area contributed by atoms with Crippen molar-refractivity contribution < 1.29 is 13.9 Å². The van der Waals surface area contributed by atoms with E-state index in [4.69, 9.17) is 9.15 Å². The van der Waals surface area contributed by atoms with Gasteiger partial charge in [0.2, 0.25) is 5.95 Å². The third-order valence-corrected chi connectivity index (χ3v) is 6.23. The molecule has 4 heterocycles. The second-order valence-corrected chi connectivity index (χ2v) is 8.64. The van der Waals surface area contributed by atoms with Crippen LogP contribution in [0.5, 0.6) is 5.75 Å². The first-order chi connectivity index (χ1) is 17.5. The lowest BCUT2D eigenvalue weighted by Crippen LogP contribution is -2.49. The zero-order valence-electron chi connectivity index (χ0n) is 19.5. The van der Waals surface area contributed by atoms with Crippen LogP contribution < -0.4 is 15.2 Å². The number of aromatic nitrogens is 5. The molecule has 1 fully saturated rings. The summed E-state index contributed by atoms with van der Waals surface area (Å²) in [6.07, 6.45) is 3.43. The Kier molecular flexibility index (Phi) is 5.36. The lowest BCUT2D eigenvalue weighted by molar-refractivity contribution is 0.0745. The number of hydrogen-bond donors (Lipinski definition) is 2. The van der Waals surface area contributed by atoms with Gasteiger partial charge in [-0.15, -0.1) is 0 Å². The smallest absolute Gasteiger partial charge is 0.260 e. The van der Waals surface area contributed by atoms with E-state index in [0.29, 0.717) is 71.3 Å². The zero-order valence-corrected chi connectivity index (χ0v) is 19.5. The van der Waals surface area contributed by atoms with Crippen LogP contribution in [0.2, 0.25) is 0 Å². The Hall–Kier alpha value is -4.67. The molecule has 0 saturated carbocycles. The van der Waals surface area contributed by atoms with Crippen molar-refractivity contribution >= 4 is 33.9 Å². The van der Waals surface area contributed by atoms with Crippen LogP contribution in [0.15, 0.2) is 58.0 Å². The van der Waals surface area contributed by atoms with E-state index in [1.54, 1.807) is 42.4 Å². The maximum absolute atomic E-state index is 13.4. The first kappa shape index (κ1) is 21.8. The number of nitrogens with zero attached hydrogens (tertiary/aromatic N) is 5. The highest BCUT2D eigenvalue weighted by molar-refractivity contribution is 5.99. The number of rotatable bonds is 5. The summed E-state index contributed by atoms with van der Waals surface area (Å²) in [5, 5.41) is 7.24. The zero-order chi connectivity index (χ0) is 24.6. The van der Waals surface area contributed by atoms with Gasteiger partial charge in [0.25, 0.3) is 11.5 Å². The maximum atomic E-state index is 13.4. The van der Waals surface area contributed by atoms with Gasteiger partial charge in [0, 0.05) is 50.4 Å². The Morgan fingerprint density at radius 1 is 1.14 bits per heavy atom. The van der Waals surface area contributed by atoms with E-state index in [0.717, 1.165) is 5.56 Å². The Morgan fingerprint density at radius 2 is 1.97 bits per heavy atom. The largest absolute Gasteiger partial charge is 0.486 e. The molecule has 1 aliphatic heterocycles. The van der Waals surface area contributed by atoms with Crippen molar-refractivity contribution in [1.82, 2.24) is 30.0 Å². The Bertz CT molecular complexity index is 1620. The average molecular weight is 486 g/mol. The fourth-order valence-electron chi connectivity index (χ4n) is 4.39. The fraction of sp³-hybridized carbons (Fsp3) is 0.240. The van der Waals surface area contributed by atoms with Gasteiger partial charge in [-0.1, -0.05) is 12.1 Å². The number of hydrogen-bond acceptors (Lipinski definition) is 8. The van der Waals surface area contributed by atoms with Crippen molar-refractivity contribution in [3.8, 4) is 5.75 Å². The van der Waals surface area contributed by atoms with E-state index in [2.05, 4.69) is 25.1 Å². The molecule has 6 rings (SSSR count).